The number of nitrogens with zero attached hydrogens (tertiary/aromatic N) is 8. The van der Waals surface area contributed by atoms with Crippen molar-refractivity contribution in [2.45, 2.75) is 37.1 Å². The fraction of sp³-hybridized carbons (Fsp3) is 0.455. The summed E-state index contributed by atoms with van der Waals surface area (Å²) in [6, 6.07) is -0.337. The van der Waals surface area contributed by atoms with E-state index in [1.165, 1.54) is 23.5 Å². The highest BCUT2D eigenvalue weighted by molar-refractivity contribution is 8.44. The molecule has 0 amide bonds. The molecule has 0 radical (unpaired) electrons. The molecule has 9 atom stereocenters. The lowest BCUT2D eigenvalue weighted by atomic mass is 9.68. The maximum Gasteiger partial charge on any atom is 0.436 e. The van der Waals surface area contributed by atoms with Crippen molar-refractivity contribution in [3.05, 3.63) is 37.6 Å². The van der Waals surface area contributed by atoms with Gasteiger partial charge in [-0.05, 0) is 24.6 Å². The summed E-state index contributed by atoms with van der Waals surface area (Å²) in [5, 5.41) is 0. The Morgan fingerprint density at radius 1 is 0.909 bits per heavy atom. The van der Waals surface area contributed by atoms with Gasteiger partial charge in [0.2, 0.25) is 0 Å². The van der Waals surface area contributed by atoms with Crippen molar-refractivity contribution in [1.29, 1.82) is 0 Å². The van der Waals surface area contributed by atoms with Crippen LogP contribution in [0.25, 0.3) is 22.3 Å². The molecule has 6 heterocycles. The fourth-order valence-electron chi connectivity index (χ4n) is 5.78. The zero-order chi connectivity index (χ0) is 31.0. The molecule has 234 valence electrons. The van der Waals surface area contributed by atoms with E-state index in [0.717, 1.165) is 0 Å². The van der Waals surface area contributed by atoms with Gasteiger partial charge in [-0.25, -0.2) is 43.4 Å². The van der Waals surface area contributed by atoms with Gasteiger partial charge in [-0.15, -0.1) is 0 Å². The number of hydrogen-bond acceptors (Lipinski definition) is 15. The van der Waals surface area contributed by atoms with Gasteiger partial charge in [-0.3, -0.25) is 13.6 Å². The van der Waals surface area contributed by atoms with E-state index in [1.807, 2.05) is 0 Å². The average Bonchev–Trinajstić information content (AvgIpc) is 3.64. The molecule has 3 aliphatic rings. The third-order valence-electron chi connectivity index (χ3n) is 7.85. The fourth-order valence-corrected chi connectivity index (χ4v) is 8.63. The van der Waals surface area contributed by atoms with Crippen LogP contribution < -0.4 is 11.5 Å². The number of rotatable bonds is 2. The molecular weight excluding hydrogens is 661 g/mol. The lowest BCUT2D eigenvalue weighted by Gasteiger charge is -2.45. The first-order valence-corrected chi connectivity index (χ1v) is 18.5. The summed E-state index contributed by atoms with van der Waals surface area (Å²) in [5.41, 5.74) is 13.1. The predicted molar refractivity (Wildman–Crippen MR) is 159 cm³/mol. The Morgan fingerprint density at radius 2 is 1.52 bits per heavy atom. The van der Waals surface area contributed by atoms with Crippen molar-refractivity contribution in [3.63, 3.8) is 0 Å². The first kappa shape index (κ1) is 29.9. The van der Waals surface area contributed by atoms with Gasteiger partial charge in [0.05, 0.1) is 25.9 Å². The summed E-state index contributed by atoms with van der Waals surface area (Å²) in [6.07, 6.45) is -0.337. The lowest BCUT2D eigenvalue weighted by molar-refractivity contribution is -0.0402. The normalized spacial score (nSPS) is 36.4. The van der Waals surface area contributed by atoms with Crippen LogP contribution in [0.15, 0.2) is 37.6 Å². The van der Waals surface area contributed by atoms with Crippen LogP contribution in [0.4, 0.5) is 16.0 Å². The summed E-state index contributed by atoms with van der Waals surface area (Å²) in [6.45, 7) is -5.03. The Hall–Kier alpha value is -2.83. The number of nitrogen functional groups attached to an aromatic ring is 2. The van der Waals surface area contributed by atoms with Crippen LogP contribution in [-0.4, -0.2) is 70.6 Å². The van der Waals surface area contributed by atoms with Gasteiger partial charge in [-0.2, -0.15) is 0 Å². The van der Waals surface area contributed by atoms with Crippen LogP contribution >= 0.6 is 38.1 Å². The van der Waals surface area contributed by atoms with E-state index in [2.05, 4.69) is 61.0 Å². The number of imidazole rings is 2. The Morgan fingerprint density at radius 3 is 2.20 bits per heavy atom. The minimum absolute atomic E-state index is 0.0681. The molecule has 2 unspecified atom stereocenters. The molecule has 1 saturated carbocycles. The summed E-state index contributed by atoms with van der Waals surface area (Å²) in [7, 11) is 0. The van der Waals surface area contributed by atoms with Crippen LogP contribution in [0.3, 0.4) is 0 Å². The van der Waals surface area contributed by atoms with Crippen molar-refractivity contribution in [2.75, 3.05) is 24.7 Å². The van der Waals surface area contributed by atoms with Gasteiger partial charge in [0.15, 0.2) is 35.3 Å². The number of hydrogen-bond donors (Lipinski definition) is 4. The quantitative estimate of drug-likeness (QED) is 0.176. The number of halogens is 1. The second-order valence-electron chi connectivity index (χ2n) is 10.4. The number of allylic oxidation sites excluding steroid dienone is 1. The summed E-state index contributed by atoms with van der Waals surface area (Å²) < 4.78 is 74.3. The molecule has 1 aliphatic carbocycles. The minimum atomic E-state index is -4.19. The van der Waals surface area contributed by atoms with Gasteiger partial charge < -0.3 is 29.8 Å². The Labute approximate surface area is 258 Å². The Kier molecular flexibility index (Phi) is 7.40. The van der Waals surface area contributed by atoms with Crippen molar-refractivity contribution < 1.29 is 36.4 Å². The monoisotopic (exact) mass is 686 g/mol. The third kappa shape index (κ3) is 5.16. The van der Waals surface area contributed by atoms with E-state index in [1.54, 1.807) is 10.9 Å². The first-order chi connectivity index (χ1) is 20.9. The molecule has 3 fully saturated rings. The molecule has 2 saturated heterocycles. The molecule has 17 nitrogen and oxygen atoms in total. The zero-order valence-corrected chi connectivity index (χ0v) is 26.0. The average molecular weight is 687 g/mol. The third-order valence-corrected chi connectivity index (χ3v) is 11.0. The number of fused-ring (bicyclic) bond motifs is 4. The molecule has 44 heavy (non-hydrogen) atoms. The standard InChI is InChI=1S/C22H25FN10O7P2S2/c1-9-13-10(2-11(13)32-7-30-15-18(24)26-5-28-20(15)32)3-36-42(35,44)40-17-12(4-37-41(34,43)39-9)38-22(14(17)23)33-8-31-16-19(25)27-6-29-21(16)33/h5-8,10-14,17,22H,1-4H2,(H,34,43)(H,35,44)(H2,24,26,28)(H2,25,27,29)/t10-,11-,12-,13-,14-,17-,22-,41?,42?/m1/s1. The molecule has 4 N–H and O–H groups in total. The molecule has 0 bridgehead atoms. The van der Waals surface area contributed by atoms with Crippen molar-refractivity contribution in [1.82, 2.24) is 39.0 Å². The molecular formula is C22H25FN10O7P2S2. The van der Waals surface area contributed by atoms with Crippen LogP contribution in [0.5, 0.6) is 0 Å². The van der Waals surface area contributed by atoms with E-state index in [9.17, 15) is 9.13 Å². The van der Waals surface area contributed by atoms with Crippen molar-refractivity contribution in [3.8, 4) is 0 Å². The molecule has 22 heteroatoms. The number of alkyl halides is 1. The number of nitrogens with two attached hydrogens (primary N) is 2. The maximum absolute atomic E-state index is 16.0. The minimum Gasteiger partial charge on any atom is -0.422 e. The van der Waals surface area contributed by atoms with E-state index in [-0.39, 0.29) is 47.1 Å². The SMILES string of the molecule is C=C1OP(=O)(S)OC[C@H]2O[C@@H](n3cnc4c(N)ncnc43)[C@H](F)[C@@H]2OP(=O)(S)OC[C@H]2C[C@@H](n3cnc4c(N)ncnc43)[C@H]12. The Bertz CT molecular complexity index is 1880. The van der Waals surface area contributed by atoms with Crippen LogP contribution in [0.1, 0.15) is 18.7 Å². The van der Waals surface area contributed by atoms with Crippen LogP contribution in [0.2, 0.25) is 0 Å². The molecule has 0 spiro atoms. The molecule has 2 aliphatic heterocycles. The zero-order valence-electron chi connectivity index (χ0n) is 22.4. The molecule has 4 aromatic rings. The maximum atomic E-state index is 16.0. The predicted octanol–water partition coefficient (Wildman–Crippen LogP) is 3.28. The van der Waals surface area contributed by atoms with Gasteiger partial charge >= 0.3 is 13.6 Å². The van der Waals surface area contributed by atoms with Crippen molar-refractivity contribution >= 4 is 72.1 Å². The van der Waals surface area contributed by atoms with Crippen molar-refractivity contribution in [2.24, 2.45) is 11.8 Å². The van der Waals surface area contributed by atoms with Gasteiger partial charge in [0.1, 0.15) is 41.7 Å². The van der Waals surface area contributed by atoms with E-state index >= 15 is 4.39 Å². The topological polar surface area (TPSA) is 220 Å². The highest BCUT2D eigenvalue weighted by atomic mass is 32.7. The van der Waals surface area contributed by atoms with Gasteiger partial charge in [0, 0.05) is 12.0 Å². The van der Waals surface area contributed by atoms with Crippen LogP contribution in [0, 0.1) is 11.8 Å². The molecule has 7 rings (SSSR count). The molecule has 0 aromatic carbocycles. The van der Waals surface area contributed by atoms with E-state index < -0.39 is 50.7 Å². The number of thiol groups is 2. The Balaban J connectivity index is 1.16. The van der Waals surface area contributed by atoms with E-state index in [4.69, 9.17) is 34.3 Å². The van der Waals surface area contributed by atoms with E-state index in [0.29, 0.717) is 17.6 Å². The second-order valence-corrected chi connectivity index (χ2v) is 16.1. The first-order valence-electron chi connectivity index (χ1n) is 13.1. The highest BCUT2D eigenvalue weighted by Gasteiger charge is 2.53. The van der Waals surface area contributed by atoms with Gasteiger partial charge in [-0.1, -0.05) is 18.8 Å². The second kappa shape index (κ2) is 10.9. The largest absolute Gasteiger partial charge is 0.436 e. The smallest absolute Gasteiger partial charge is 0.422 e. The summed E-state index contributed by atoms with van der Waals surface area (Å²) in [5.74, 6) is -0.548. The number of anilines is 2. The number of ether oxygens (including phenoxy) is 1. The summed E-state index contributed by atoms with van der Waals surface area (Å²) in [4.78, 5) is 24.7. The number of aromatic nitrogens is 8. The molecule has 4 aromatic heterocycles. The van der Waals surface area contributed by atoms with Gasteiger partial charge in [0.25, 0.3) is 0 Å². The lowest BCUT2D eigenvalue weighted by Crippen LogP contribution is -2.42. The highest BCUT2D eigenvalue weighted by Crippen LogP contribution is 2.62. The van der Waals surface area contributed by atoms with Crippen LogP contribution in [-0.2, 0) is 32.0 Å². The summed E-state index contributed by atoms with van der Waals surface area (Å²) >= 11 is 8.24.